The second-order valence-corrected chi connectivity index (χ2v) is 8.12. The molecule has 0 aliphatic carbocycles. The highest BCUT2D eigenvalue weighted by Gasteiger charge is 2.11. The molecule has 2 aromatic heterocycles. The summed E-state index contributed by atoms with van der Waals surface area (Å²) in [6.45, 7) is 2.95. The fraction of sp³-hybridized carbons (Fsp3) is 0.0714. The van der Waals surface area contributed by atoms with Crippen LogP contribution in [0.5, 0.6) is 0 Å². The number of nitrogens with one attached hydrogen (secondary N) is 1. The van der Waals surface area contributed by atoms with E-state index in [1.807, 2.05) is 60.7 Å². The van der Waals surface area contributed by atoms with E-state index in [1.165, 1.54) is 0 Å². The second-order valence-electron chi connectivity index (χ2n) is 8.12. The largest absolute Gasteiger partial charge is 0.456 e. The monoisotopic (exact) mass is 446 g/mol. The number of rotatable bonds is 4. The van der Waals surface area contributed by atoms with Gasteiger partial charge in [0.05, 0.1) is 11.0 Å². The van der Waals surface area contributed by atoms with Crippen LogP contribution in [0.25, 0.3) is 44.2 Å². The number of hydrogen-bond donors (Lipinski definition) is 2. The molecule has 0 bridgehead atoms. The Kier molecular flexibility index (Phi) is 4.77. The third-order valence-electron chi connectivity index (χ3n) is 5.80. The van der Waals surface area contributed by atoms with E-state index < -0.39 is 0 Å². The fourth-order valence-electron chi connectivity index (χ4n) is 4.18. The molecule has 6 nitrogen and oxygen atoms in total. The minimum absolute atomic E-state index is 0.144. The van der Waals surface area contributed by atoms with Crippen LogP contribution in [0.4, 0.5) is 17.4 Å². The molecule has 3 N–H and O–H groups in total. The normalized spacial score (nSPS) is 12.1. The minimum Gasteiger partial charge on any atom is -0.456 e. The summed E-state index contributed by atoms with van der Waals surface area (Å²) in [6, 6.07) is 28.4. The standard InChI is InChI=1S/C28H22N4O2/c1-2-30-20-8-10-21(11-9-20)31-24-16-25(19-7-12-23-27(15-19)34-28(29)32-23)33-26-14-18-6-4-3-5-17(18)13-22(24)26/h3-16,30H,2H2,1H3,(H2,29,32). The molecule has 0 aliphatic rings. The number of fused-ring (bicyclic) bond motifs is 3. The zero-order chi connectivity index (χ0) is 23.1. The summed E-state index contributed by atoms with van der Waals surface area (Å²) in [5.74, 6) is 0.683. The van der Waals surface area contributed by atoms with Crippen molar-refractivity contribution in [1.82, 2.24) is 4.98 Å². The maximum absolute atomic E-state index is 6.38. The molecule has 0 radical (unpaired) electrons. The van der Waals surface area contributed by atoms with Crippen molar-refractivity contribution in [2.24, 2.45) is 4.99 Å². The van der Waals surface area contributed by atoms with Crippen LogP contribution in [0, 0.1) is 0 Å². The van der Waals surface area contributed by atoms with E-state index in [-0.39, 0.29) is 6.01 Å². The van der Waals surface area contributed by atoms with Crippen LogP contribution in [0.15, 0.2) is 98.8 Å². The van der Waals surface area contributed by atoms with Gasteiger partial charge in [0.2, 0.25) is 0 Å². The molecule has 0 saturated carbocycles. The molecule has 0 fully saturated rings. The molecule has 0 amide bonds. The maximum Gasteiger partial charge on any atom is 0.292 e. The van der Waals surface area contributed by atoms with Crippen LogP contribution in [-0.4, -0.2) is 11.5 Å². The van der Waals surface area contributed by atoms with Gasteiger partial charge in [0.15, 0.2) is 5.58 Å². The third kappa shape index (κ3) is 3.65. The topological polar surface area (TPSA) is 89.6 Å². The quantitative estimate of drug-likeness (QED) is 0.296. The van der Waals surface area contributed by atoms with E-state index in [2.05, 4.69) is 41.5 Å². The van der Waals surface area contributed by atoms with Crippen LogP contribution >= 0.6 is 0 Å². The molecule has 0 unspecified atom stereocenters. The van der Waals surface area contributed by atoms with Crippen molar-refractivity contribution in [2.45, 2.75) is 6.92 Å². The Hall–Kier alpha value is -4.58. The number of oxazole rings is 1. The van der Waals surface area contributed by atoms with Gasteiger partial charge in [0.25, 0.3) is 6.01 Å². The van der Waals surface area contributed by atoms with Gasteiger partial charge >= 0.3 is 0 Å². The van der Waals surface area contributed by atoms with E-state index in [1.54, 1.807) is 0 Å². The first-order valence-electron chi connectivity index (χ1n) is 11.2. The molecule has 6 aromatic rings. The predicted molar refractivity (Wildman–Crippen MR) is 137 cm³/mol. The highest BCUT2D eigenvalue weighted by molar-refractivity contribution is 5.96. The van der Waals surface area contributed by atoms with Crippen molar-refractivity contribution in [3.05, 3.63) is 90.3 Å². The van der Waals surface area contributed by atoms with Gasteiger partial charge in [-0.05, 0) is 72.3 Å². The summed E-state index contributed by atoms with van der Waals surface area (Å²) in [6.07, 6.45) is 0. The van der Waals surface area contributed by atoms with E-state index in [4.69, 9.17) is 19.6 Å². The lowest BCUT2D eigenvalue weighted by Gasteiger charge is -2.07. The summed E-state index contributed by atoms with van der Waals surface area (Å²) < 4.78 is 11.9. The summed E-state index contributed by atoms with van der Waals surface area (Å²) in [7, 11) is 0. The lowest BCUT2D eigenvalue weighted by Crippen LogP contribution is -2.03. The Labute approximate surface area is 195 Å². The van der Waals surface area contributed by atoms with Crippen molar-refractivity contribution in [1.29, 1.82) is 0 Å². The molecule has 6 rings (SSSR count). The highest BCUT2D eigenvalue weighted by Crippen LogP contribution is 2.29. The van der Waals surface area contributed by atoms with Crippen LogP contribution in [0.2, 0.25) is 0 Å². The van der Waals surface area contributed by atoms with Gasteiger partial charge in [0.1, 0.15) is 16.9 Å². The minimum atomic E-state index is 0.144. The van der Waals surface area contributed by atoms with E-state index in [9.17, 15) is 0 Å². The average molecular weight is 447 g/mol. The molecule has 166 valence electrons. The first-order valence-corrected chi connectivity index (χ1v) is 11.2. The Morgan fingerprint density at radius 1 is 0.853 bits per heavy atom. The zero-order valence-electron chi connectivity index (χ0n) is 18.6. The highest BCUT2D eigenvalue weighted by atomic mass is 16.4. The molecule has 0 aliphatic heterocycles. The number of nitrogens with zero attached hydrogens (tertiary/aromatic N) is 2. The van der Waals surface area contributed by atoms with Crippen molar-refractivity contribution < 1.29 is 8.83 Å². The number of nitrogen functional groups attached to an aromatic ring is 1. The van der Waals surface area contributed by atoms with Crippen molar-refractivity contribution >= 4 is 50.2 Å². The zero-order valence-corrected chi connectivity index (χ0v) is 18.6. The predicted octanol–water partition coefficient (Wildman–Crippen LogP) is 6.64. The Morgan fingerprint density at radius 3 is 2.44 bits per heavy atom. The van der Waals surface area contributed by atoms with Gasteiger partial charge in [-0.25, -0.2) is 4.99 Å². The lowest BCUT2D eigenvalue weighted by atomic mass is 10.1. The van der Waals surface area contributed by atoms with Gasteiger partial charge in [-0.15, -0.1) is 0 Å². The van der Waals surface area contributed by atoms with Gasteiger partial charge < -0.3 is 19.9 Å². The van der Waals surface area contributed by atoms with Gasteiger partial charge in [-0.1, -0.05) is 24.3 Å². The molecular formula is C28H22N4O2. The van der Waals surface area contributed by atoms with Crippen molar-refractivity contribution in [3.8, 4) is 11.3 Å². The lowest BCUT2D eigenvalue weighted by molar-refractivity contribution is 0.615. The van der Waals surface area contributed by atoms with Crippen LogP contribution < -0.4 is 16.4 Å². The van der Waals surface area contributed by atoms with Gasteiger partial charge in [-0.3, -0.25) is 0 Å². The average Bonchev–Trinajstić information content (AvgIpc) is 3.23. The summed E-state index contributed by atoms with van der Waals surface area (Å²) >= 11 is 0. The second kappa shape index (κ2) is 8.08. The molecular weight excluding hydrogens is 424 g/mol. The first kappa shape index (κ1) is 20.1. The first-order chi connectivity index (χ1) is 16.7. The smallest absolute Gasteiger partial charge is 0.292 e. The van der Waals surface area contributed by atoms with Gasteiger partial charge in [0, 0.05) is 29.2 Å². The number of aromatic nitrogens is 1. The number of hydrogen-bond acceptors (Lipinski definition) is 6. The summed E-state index contributed by atoms with van der Waals surface area (Å²) in [5, 5.41) is 7.33. The van der Waals surface area contributed by atoms with Crippen LogP contribution in [-0.2, 0) is 0 Å². The van der Waals surface area contributed by atoms with E-state index in [0.29, 0.717) is 16.9 Å². The third-order valence-corrected chi connectivity index (χ3v) is 5.80. The summed E-state index contributed by atoms with van der Waals surface area (Å²) in [5.41, 5.74) is 10.6. The Bertz CT molecular complexity index is 1730. The molecule has 4 aromatic carbocycles. The van der Waals surface area contributed by atoms with Crippen molar-refractivity contribution in [2.75, 3.05) is 17.6 Å². The Morgan fingerprint density at radius 2 is 1.65 bits per heavy atom. The molecule has 2 heterocycles. The van der Waals surface area contributed by atoms with Gasteiger partial charge in [-0.2, -0.15) is 4.98 Å². The van der Waals surface area contributed by atoms with E-state index in [0.717, 1.165) is 50.6 Å². The molecule has 0 atom stereocenters. The van der Waals surface area contributed by atoms with Crippen molar-refractivity contribution in [3.63, 3.8) is 0 Å². The fourth-order valence-corrected chi connectivity index (χ4v) is 4.18. The molecule has 34 heavy (non-hydrogen) atoms. The van der Waals surface area contributed by atoms with E-state index >= 15 is 0 Å². The maximum atomic E-state index is 6.38. The SMILES string of the molecule is CCNc1ccc(N=c2cc(-c3ccc4nc(N)oc4c3)oc3cc4ccccc4cc23)cc1. The molecule has 6 heteroatoms. The number of benzene rings is 4. The van der Waals surface area contributed by atoms with Crippen LogP contribution in [0.1, 0.15) is 6.92 Å². The number of nitrogens with two attached hydrogens (primary N) is 1. The molecule has 0 spiro atoms. The molecule has 0 saturated heterocycles. The summed E-state index contributed by atoms with van der Waals surface area (Å²) in [4.78, 5) is 9.17. The Balaban J connectivity index is 1.59. The number of anilines is 2. The van der Waals surface area contributed by atoms with Crippen LogP contribution in [0.3, 0.4) is 0 Å².